The highest BCUT2D eigenvalue weighted by molar-refractivity contribution is 7.99. The van der Waals surface area contributed by atoms with E-state index >= 15 is 0 Å². The lowest BCUT2D eigenvalue weighted by molar-refractivity contribution is -0.136. The second kappa shape index (κ2) is 6.91. The molecule has 2 aromatic rings. The Balaban J connectivity index is 1.86. The van der Waals surface area contributed by atoms with Crippen LogP contribution in [0.5, 0.6) is 0 Å². The summed E-state index contributed by atoms with van der Waals surface area (Å²) < 4.78 is 5.24. The first kappa shape index (κ1) is 16.9. The number of carboxylic acids is 1. The molecule has 1 aromatic heterocycles. The van der Waals surface area contributed by atoms with Crippen LogP contribution in [-0.4, -0.2) is 22.7 Å². The van der Waals surface area contributed by atoms with Crippen molar-refractivity contribution in [2.24, 2.45) is 0 Å². The van der Waals surface area contributed by atoms with Gasteiger partial charge in [-0.2, -0.15) is 0 Å². The third-order valence-electron chi connectivity index (χ3n) is 3.91. The number of hydrogen-bond acceptors (Lipinski definition) is 4. The zero-order chi connectivity index (χ0) is 17.3. The number of rotatable bonds is 4. The first-order valence-corrected chi connectivity index (χ1v) is 8.84. The molecule has 0 saturated carbocycles. The molecule has 1 unspecified atom stereocenters. The van der Waals surface area contributed by atoms with E-state index in [1.165, 1.54) is 6.26 Å². The molecule has 0 bridgehead atoms. The summed E-state index contributed by atoms with van der Waals surface area (Å²) in [6.07, 6.45) is 1.88. The maximum absolute atomic E-state index is 12.7. The Morgan fingerprint density at radius 2 is 2.25 bits per heavy atom. The van der Waals surface area contributed by atoms with Crippen LogP contribution in [-0.2, 0) is 11.2 Å². The van der Waals surface area contributed by atoms with Crippen LogP contribution in [0, 0.1) is 6.92 Å². The Bertz CT molecular complexity index is 802. The van der Waals surface area contributed by atoms with E-state index in [2.05, 4.69) is 5.32 Å². The lowest BCUT2D eigenvalue weighted by Crippen LogP contribution is -2.31. The van der Waals surface area contributed by atoms with Gasteiger partial charge < -0.3 is 14.8 Å². The summed E-state index contributed by atoms with van der Waals surface area (Å²) in [4.78, 5) is 24.7. The number of benzene rings is 1. The number of halogens is 1. The van der Waals surface area contributed by atoms with Crippen LogP contribution >= 0.6 is 23.4 Å². The van der Waals surface area contributed by atoms with Gasteiger partial charge in [-0.1, -0.05) is 11.6 Å². The third kappa shape index (κ3) is 3.44. The second-order valence-corrected chi connectivity index (χ2v) is 7.21. The highest BCUT2D eigenvalue weighted by atomic mass is 35.5. The van der Waals surface area contributed by atoms with E-state index < -0.39 is 5.97 Å². The zero-order valence-corrected chi connectivity index (χ0v) is 14.5. The summed E-state index contributed by atoms with van der Waals surface area (Å²) in [6.45, 7) is 1.73. The predicted octanol–water partition coefficient (Wildman–Crippen LogP) is 3.84. The van der Waals surface area contributed by atoms with Crippen molar-refractivity contribution in [3.8, 4) is 0 Å². The summed E-state index contributed by atoms with van der Waals surface area (Å²) in [7, 11) is 0. The lowest BCUT2D eigenvalue weighted by Gasteiger charge is -2.26. The van der Waals surface area contributed by atoms with E-state index in [9.17, 15) is 9.59 Å². The van der Waals surface area contributed by atoms with Gasteiger partial charge in [-0.3, -0.25) is 9.59 Å². The molecule has 2 N–H and O–H groups in total. The molecule has 5 nitrogen and oxygen atoms in total. The highest BCUT2D eigenvalue weighted by Crippen LogP contribution is 2.37. The van der Waals surface area contributed by atoms with Gasteiger partial charge in [-0.25, -0.2) is 0 Å². The molecular formula is C17H16ClNO4S. The molecule has 0 spiro atoms. The fourth-order valence-corrected chi connectivity index (χ4v) is 4.10. The van der Waals surface area contributed by atoms with Gasteiger partial charge in [0.15, 0.2) is 0 Å². The monoisotopic (exact) mass is 365 g/mol. The third-order valence-corrected chi connectivity index (χ3v) is 5.26. The molecule has 7 heteroatoms. The fraction of sp³-hybridized carbons (Fsp3) is 0.294. The first-order chi connectivity index (χ1) is 11.5. The van der Waals surface area contributed by atoms with Crippen LogP contribution in [0.1, 0.15) is 39.7 Å². The highest BCUT2D eigenvalue weighted by Gasteiger charge is 2.26. The number of aryl methyl sites for hydroxylation is 1. The summed E-state index contributed by atoms with van der Waals surface area (Å²) in [5, 5.41) is 12.6. The number of fused-ring (bicyclic) bond motifs is 1. The number of nitrogens with one attached hydrogen (secondary N) is 1. The maximum atomic E-state index is 12.7. The molecule has 1 aromatic carbocycles. The maximum Gasteiger partial charge on any atom is 0.311 e. The van der Waals surface area contributed by atoms with E-state index in [1.807, 2.05) is 18.2 Å². The molecule has 3 rings (SSSR count). The summed E-state index contributed by atoms with van der Waals surface area (Å²) >= 11 is 7.82. The number of hydrogen-bond donors (Lipinski definition) is 2. The van der Waals surface area contributed by atoms with Gasteiger partial charge >= 0.3 is 5.97 Å². The Morgan fingerprint density at radius 1 is 1.46 bits per heavy atom. The van der Waals surface area contributed by atoms with Crippen molar-refractivity contribution in [2.75, 3.05) is 5.75 Å². The van der Waals surface area contributed by atoms with Crippen LogP contribution in [0.3, 0.4) is 0 Å². The minimum Gasteiger partial charge on any atom is -0.481 e. The Labute approximate surface area is 148 Å². The quantitative estimate of drug-likeness (QED) is 0.860. The first-order valence-electron chi connectivity index (χ1n) is 7.47. The fourth-order valence-electron chi connectivity index (χ4n) is 2.82. The van der Waals surface area contributed by atoms with Crippen molar-refractivity contribution in [1.29, 1.82) is 0 Å². The van der Waals surface area contributed by atoms with Gasteiger partial charge in [0.1, 0.15) is 12.2 Å². The number of thioether (sulfide) groups is 1. The topological polar surface area (TPSA) is 79.5 Å². The molecule has 0 saturated heterocycles. The summed E-state index contributed by atoms with van der Waals surface area (Å²) in [6, 6.07) is 5.51. The molecule has 1 aliphatic rings. The van der Waals surface area contributed by atoms with Crippen molar-refractivity contribution >= 4 is 35.2 Å². The molecule has 0 fully saturated rings. The van der Waals surface area contributed by atoms with Gasteiger partial charge in [-0.05, 0) is 37.1 Å². The van der Waals surface area contributed by atoms with Crippen molar-refractivity contribution < 1.29 is 19.1 Å². The molecule has 1 atom stereocenters. The normalized spacial score (nSPS) is 16.5. The van der Waals surface area contributed by atoms with E-state index in [0.717, 1.165) is 22.6 Å². The minimum atomic E-state index is -1.04. The van der Waals surface area contributed by atoms with Crippen molar-refractivity contribution in [1.82, 2.24) is 5.32 Å². The molecular weight excluding hydrogens is 350 g/mol. The lowest BCUT2D eigenvalue weighted by atomic mass is 10.0. The van der Waals surface area contributed by atoms with Crippen LogP contribution < -0.4 is 5.32 Å². The van der Waals surface area contributed by atoms with Gasteiger partial charge in [-0.15, -0.1) is 11.8 Å². The number of carbonyl (C=O) groups excluding carboxylic acids is 1. The van der Waals surface area contributed by atoms with Gasteiger partial charge in [0.05, 0.1) is 17.9 Å². The zero-order valence-electron chi connectivity index (χ0n) is 13.0. The van der Waals surface area contributed by atoms with Crippen molar-refractivity contribution in [3.05, 3.63) is 51.9 Å². The van der Waals surface area contributed by atoms with Crippen molar-refractivity contribution in [3.63, 3.8) is 0 Å². The smallest absolute Gasteiger partial charge is 0.311 e. The van der Waals surface area contributed by atoms with Gasteiger partial charge in [0.25, 0.3) is 5.91 Å². The molecule has 2 heterocycles. The average Bonchev–Trinajstić information content (AvgIpc) is 2.87. The minimum absolute atomic E-state index is 0.153. The van der Waals surface area contributed by atoms with E-state index in [0.29, 0.717) is 16.1 Å². The standard InChI is InChI=1S/C17H16ClNO4S/c1-9-8-23-13(7-15(20)21)16(9)17(22)19-12-4-5-24-14-3-2-10(18)6-11(12)14/h2-3,6,8,12H,4-5,7H2,1H3,(H,19,22)(H,20,21). The Kier molecular flexibility index (Phi) is 4.87. The number of aliphatic carboxylic acids is 1. The molecule has 126 valence electrons. The van der Waals surface area contributed by atoms with E-state index in [-0.39, 0.29) is 24.1 Å². The largest absolute Gasteiger partial charge is 0.481 e. The van der Waals surface area contributed by atoms with E-state index in [4.69, 9.17) is 21.1 Å². The molecule has 0 aliphatic carbocycles. The Hall–Kier alpha value is -1.92. The van der Waals surface area contributed by atoms with Crippen LogP contribution in [0.4, 0.5) is 0 Å². The number of carboxylic acid groups (broad SMARTS) is 1. The SMILES string of the molecule is Cc1coc(CC(=O)O)c1C(=O)NC1CCSc2ccc(Cl)cc21. The van der Waals surface area contributed by atoms with Gasteiger partial charge in [0.2, 0.25) is 0 Å². The molecule has 0 radical (unpaired) electrons. The molecule has 1 aliphatic heterocycles. The number of carbonyl (C=O) groups is 2. The second-order valence-electron chi connectivity index (χ2n) is 5.63. The predicted molar refractivity (Wildman–Crippen MR) is 91.8 cm³/mol. The average molecular weight is 366 g/mol. The molecule has 24 heavy (non-hydrogen) atoms. The van der Waals surface area contributed by atoms with Crippen LogP contribution in [0.2, 0.25) is 5.02 Å². The Morgan fingerprint density at radius 3 is 3.00 bits per heavy atom. The van der Waals surface area contributed by atoms with Crippen molar-refractivity contribution in [2.45, 2.75) is 30.7 Å². The summed E-state index contributed by atoms with van der Waals surface area (Å²) in [5.41, 5.74) is 1.92. The number of furan rings is 1. The van der Waals surface area contributed by atoms with E-state index in [1.54, 1.807) is 18.7 Å². The van der Waals surface area contributed by atoms with Gasteiger partial charge in [0, 0.05) is 21.2 Å². The number of amides is 1. The van der Waals surface area contributed by atoms with Crippen LogP contribution in [0.25, 0.3) is 0 Å². The molecule has 1 amide bonds. The van der Waals surface area contributed by atoms with Crippen LogP contribution in [0.15, 0.2) is 33.8 Å². The summed E-state index contributed by atoms with van der Waals surface area (Å²) in [5.74, 6) is -0.287.